The second kappa shape index (κ2) is 9.96. The van der Waals surface area contributed by atoms with Gasteiger partial charge in [0.25, 0.3) is 10.0 Å². The highest BCUT2D eigenvalue weighted by atomic mass is 127. The Morgan fingerprint density at radius 1 is 1.15 bits per heavy atom. The van der Waals surface area contributed by atoms with Gasteiger partial charge in [0.2, 0.25) is 0 Å². The van der Waals surface area contributed by atoms with Gasteiger partial charge in [-0.15, -0.1) is 0 Å². The van der Waals surface area contributed by atoms with Crippen LogP contribution in [0.1, 0.15) is 16.7 Å². The van der Waals surface area contributed by atoms with E-state index in [0.29, 0.717) is 29.3 Å². The summed E-state index contributed by atoms with van der Waals surface area (Å²) in [6, 6.07) is 16.0. The van der Waals surface area contributed by atoms with Crippen LogP contribution in [0.5, 0.6) is 5.75 Å². The van der Waals surface area contributed by atoms with Crippen LogP contribution in [0.2, 0.25) is 0 Å². The van der Waals surface area contributed by atoms with Crippen molar-refractivity contribution in [2.75, 3.05) is 0 Å². The van der Waals surface area contributed by atoms with Crippen LogP contribution >= 0.6 is 38.5 Å². The number of pyridine rings is 1. The molecular formula is C22H17BBrIN3O4S. The number of aryl methyl sites for hydroxylation is 1. The second-order valence-corrected chi connectivity index (χ2v) is 10.9. The lowest BCUT2D eigenvalue weighted by atomic mass is 10.1. The van der Waals surface area contributed by atoms with Crippen molar-refractivity contribution in [1.29, 1.82) is 0 Å². The van der Waals surface area contributed by atoms with Gasteiger partial charge in [-0.25, -0.2) is 17.4 Å². The van der Waals surface area contributed by atoms with Gasteiger partial charge < -0.3 is 9.68 Å². The zero-order valence-corrected chi connectivity index (χ0v) is 21.9. The van der Waals surface area contributed by atoms with E-state index >= 15 is 0 Å². The lowest BCUT2D eigenvalue weighted by molar-refractivity contribution is 0.453. The maximum absolute atomic E-state index is 12.9. The number of halogens is 2. The molecule has 1 aliphatic heterocycles. The molecule has 0 fully saturated rings. The Kier molecular flexibility index (Phi) is 7.22. The van der Waals surface area contributed by atoms with Crippen LogP contribution in [-0.4, -0.2) is 36.3 Å². The molecule has 11 heteroatoms. The normalized spacial score (nSPS) is 12.2. The van der Waals surface area contributed by atoms with Crippen LogP contribution in [0.3, 0.4) is 0 Å². The monoisotopic (exact) mass is 636 g/mol. The van der Waals surface area contributed by atoms with Crippen molar-refractivity contribution in [3.05, 3.63) is 85.7 Å². The van der Waals surface area contributed by atoms with Gasteiger partial charge in [-0.05, 0) is 99.0 Å². The van der Waals surface area contributed by atoms with Crippen molar-refractivity contribution >= 4 is 73.5 Å². The Balaban J connectivity index is 0.000000183. The van der Waals surface area contributed by atoms with Crippen LogP contribution in [0.25, 0.3) is 11.0 Å². The lowest BCUT2D eigenvalue weighted by Gasteiger charge is -2.09. The summed E-state index contributed by atoms with van der Waals surface area (Å²) < 4.78 is 33.2. The minimum Gasteiger partial charge on any atom is -0.537 e. The van der Waals surface area contributed by atoms with E-state index < -0.39 is 10.0 Å². The predicted octanol–water partition coefficient (Wildman–Crippen LogP) is 4.47. The lowest BCUT2D eigenvalue weighted by Crippen LogP contribution is -2.14. The maximum atomic E-state index is 12.9. The summed E-state index contributed by atoms with van der Waals surface area (Å²) in [6.07, 6.45) is 3.42. The number of hydrogen-bond acceptors (Lipinski definition) is 6. The molecule has 4 aromatic rings. The molecule has 5 rings (SSSR count). The molecule has 0 unspecified atom stereocenters. The van der Waals surface area contributed by atoms with Gasteiger partial charge >= 0.3 is 7.69 Å². The van der Waals surface area contributed by atoms with Crippen molar-refractivity contribution in [2.24, 2.45) is 4.99 Å². The second-order valence-electron chi connectivity index (χ2n) is 7.13. The van der Waals surface area contributed by atoms with Gasteiger partial charge in [0.05, 0.1) is 15.1 Å². The van der Waals surface area contributed by atoms with E-state index in [2.05, 4.69) is 25.9 Å². The van der Waals surface area contributed by atoms with E-state index in [-0.39, 0.29) is 4.90 Å². The summed E-state index contributed by atoms with van der Waals surface area (Å²) in [4.78, 5) is 8.58. The van der Waals surface area contributed by atoms with Gasteiger partial charge in [-0.3, -0.25) is 4.99 Å². The zero-order chi connectivity index (χ0) is 23.6. The molecule has 0 saturated heterocycles. The fourth-order valence-corrected chi connectivity index (χ4v) is 6.35. The topological polar surface area (TPSA) is 93.8 Å². The van der Waals surface area contributed by atoms with Gasteiger partial charge in [0, 0.05) is 22.3 Å². The first-order chi connectivity index (χ1) is 15.8. The van der Waals surface area contributed by atoms with E-state index in [9.17, 15) is 8.42 Å². The third-order valence-corrected chi connectivity index (χ3v) is 8.45. The molecule has 1 N–H and O–H groups in total. The first-order valence-corrected chi connectivity index (χ1v) is 13.0. The van der Waals surface area contributed by atoms with Gasteiger partial charge in [0.15, 0.2) is 5.65 Å². The predicted molar refractivity (Wildman–Crippen MR) is 140 cm³/mol. The number of benzene rings is 2. The number of hydrogen-bond donors (Lipinski definition) is 1. The standard InChI is InChI=1S/C14H10BrIN2O2S.C8H7BNO2/c1-9-2-4-10(5-3-9)21(19,20)18-13(16)8-11-12(15)6-7-17-14(11)18;11-9-12-8-2-1-6-4-10-5-7(6)3-8/h2-8H,1H3;1-4,11H,5H2. The van der Waals surface area contributed by atoms with E-state index in [4.69, 9.17) is 9.68 Å². The fourth-order valence-electron chi connectivity index (χ4n) is 3.28. The molecule has 3 heterocycles. The maximum Gasteiger partial charge on any atom is 0.569 e. The fraction of sp³-hybridized carbons (Fsp3) is 0.0909. The summed E-state index contributed by atoms with van der Waals surface area (Å²) in [5.74, 6) is 0.641. The summed E-state index contributed by atoms with van der Waals surface area (Å²) in [6.45, 7) is 2.63. The van der Waals surface area contributed by atoms with Crippen LogP contribution in [-0.2, 0) is 16.6 Å². The Bertz CT molecular complexity index is 1460. The van der Waals surface area contributed by atoms with Crippen molar-refractivity contribution in [3.63, 3.8) is 0 Å². The van der Waals surface area contributed by atoms with Gasteiger partial charge in [-0.1, -0.05) is 17.7 Å². The molecule has 1 aliphatic rings. The average Bonchev–Trinajstić information content (AvgIpc) is 3.39. The average molecular weight is 637 g/mol. The number of nitrogens with zero attached hydrogens (tertiary/aromatic N) is 3. The quantitative estimate of drug-likeness (QED) is 0.264. The molecule has 0 spiro atoms. The van der Waals surface area contributed by atoms with Crippen LogP contribution < -0.4 is 4.65 Å². The summed E-state index contributed by atoms with van der Waals surface area (Å²) >= 11 is 5.44. The van der Waals surface area contributed by atoms with Crippen molar-refractivity contribution in [1.82, 2.24) is 8.96 Å². The number of rotatable bonds is 4. The smallest absolute Gasteiger partial charge is 0.537 e. The summed E-state index contributed by atoms with van der Waals surface area (Å²) in [5.41, 5.74) is 3.70. The van der Waals surface area contributed by atoms with E-state index in [1.807, 2.05) is 47.9 Å². The van der Waals surface area contributed by atoms with E-state index in [1.54, 1.807) is 48.7 Å². The molecule has 33 heavy (non-hydrogen) atoms. The largest absolute Gasteiger partial charge is 0.569 e. The number of aromatic nitrogens is 2. The Morgan fingerprint density at radius 2 is 1.91 bits per heavy atom. The molecule has 0 amide bonds. The van der Waals surface area contributed by atoms with Crippen molar-refractivity contribution < 1.29 is 18.1 Å². The van der Waals surface area contributed by atoms with Crippen LogP contribution in [0.15, 0.2) is 75.2 Å². The molecular weight excluding hydrogens is 620 g/mol. The summed E-state index contributed by atoms with van der Waals surface area (Å²) in [5, 5.41) is 9.17. The van der Waals surface area contributed by atoms with Crippen molar-refractivity contribution in [3.8, 4) is 5.75 Å². The molecule has 167 valence electrons. The Labute approximate surface area is 214 Å². The van der Waals surface area contributed by atoms with Gasteiger partial charge in [-0.2, -0.15) is 0 Å². The Hall–Kier alpha value is -2.22. The first kappa shape index (κ1) is 23.9. The summed E-state index contributed by atoms with van der Waals surface area (Å²) in [7, 11) is -2.98. The third kappa shape index (κ3) is 5.00. The highest BCUT2D eigenvalue weighted by molar-refractivity contribution is 14.1. The van der Waals surface area contributed by atoms with Crippen LogP contribution in [0.4, 0.5) is 0 Å². The Morgan fingerprint density at radius 3 is 2.64 bits per heavy atom. The molecule has 2 aromatic carbocycles. The molecule has 7 nitrogen and oxygen atoms in total. The minimum absolute atomic E-state index is 0.255. The van der Waals surface area contributed by atoms with E-state index in [0.717, 1.165) is 26.5 Å². The molecule has 0 saturated carbocycles. The SMILES string of the molecule is Cc1ccc(S(=O)(=O)n2c(I)cc3c(Br)ccnc32)cc1.O[B]Oc1ccc2c(c1)CN=C2. The third-order valence-electron chi connectivity index (χ3n) is 4.92. The molecule has 0 bridgehead atoms. The number of fused-ring (bicyclic) bond motifs is 2. The number of aliphatic imine (C=N–C) groups is 1. The minimum atomic E-state index is -3.66. The highest BCUT2D eigenvalue weighted by Gasteiger charge is 2.23. The highest BCUT2D eigenvalue weighted by Crippen LogP contribution is 2.30. The molecule has 1 radical (unpaired) electrons. The first-order valence-electron chi connectivity index (χ1n) is 9.70. The molecule has 0 atom stereocenters. The van der Waals surface area contributed by atoms with Crippen molar-refractivity contribution in [2.45, 2.75) is 18.4 Å². The molecule has 2 aromatic heterocycles. The molecule has 0 aliphatic carbocycles. The van der Waals surface area contributed by atoms with Crippen LogP contribution in [0, 0.1) is 10.6 Å². The van der Waals surface area contributed by atoms with E-state index in [1.165, 1.54) is 3.97 Å². The van der Waals surface area contributed by atoms with Gasteiger partial charge in [0.1, 0.15) is 5.75 Å². The zero-order valence-electron chi connectivity index (χ0n) is 17.3.